The minimum absolute atomic E-state index is 0.0413. The molecule has 10 nitrogen and oxygen atoms in total. The summed E-state index contributed by atoms with van der Waals surface area (Å²) in [5.41, 5.74) is 0.956. The molecular formula is C29H20Cl6N4O6. The Morgan fingerprint density at radius 2 is 1.13 bits per heavy atom. The number of carbonyl (C=O) groups is 2. The van der Waals surface area contributed by atoms with Gasteiger partial charge in [-0.2, -0.15) is 0 Å². The first-order chi connectivity index (χ1) is 21.4. The molecule has 0 aliphatic rings. The average molecular weight is 733 g/mol. The van der Waals surface area contributed by atoms with Crippen LogP contribution in [-0.2, 0) is 9.47 Å². The Kier molecular flexibility index (Phi) is 11.2. The van der Waals surface area contributed by atoms with Gasteiger partial charge in [0.1, 0.15) is 11.4 Å². The number of aromatic amines is 2. The summed E-state index contributed by atoms with van der Waals surface area (Å²) in [5, 5.41) is 6.06. The normalized spacial score (nSPS) is 11.0. The van der Waals surface area contributed by atoms with E-state index >= 15 is 0 Å². The van der Waals surface area contributed by atoms with Gasteiger partial charge < -0.3 is 9.47 Å². The van der Waals surface area contributed by atoms with Crippen molar-refractivity contribution in [3.05, 3.63) is 116 Å². The van der Waals surface area contributed by atoms with Gasteiger partial charge in [0.15, 0.2) is 11.4 Å². The van der Waals surface area contributed by atoms with Crippen LogP contribution in [0.3, 0.4) is 0 Å². The number of halogens is 6. The predicted octanol–water partition coefficient (Wildman–Crippen LogP) is 7.80. The lowest BCUT2D eigenvalue weighted by Crippen LogP contribution is -2.16. The highest BCUT2D eigenvalue weighted by molar-refractivity contribution is 6.41. The molecule has 2 aromatic carbocycles. The molecule has 2 aromatic heterocycles. The van der Waals surface area contributed by atoms with Gasteiger partial charge in [0, 0.05) is 10.0 Å². The van der Waals surface area contributed by atoms with Gasteiger partial charge in [0.25, 0.3) is 11.1 Å². The van der Waals surface area contributed by atoms with Crippen molar-refractivity contribution in [1.82, 2.24) is 19.6 Å². The first-order valence-electron chi connectivity index (χ1n) is 12.8. The van der Waals surface area contributed by atoms with E-state index in [4.69, 9.17) is 79.1 Å². The SMILES string of the molecule is CCOC(=O)c1[nH]n(-c2c(Cl)cc(Cl)cc2Cl)c(=O)c1C=C=CC=Cc1c(C(=O)OCC)[nH]n(-c2c(Cl)cc(Cl)cc2Cl)c1=O. The Hall–Kier alpha value is -3.60. The number of H-pyrrole nitrogens is 2. The lowest BCUT2D eigenvalue weighted by molar-refractivity contribution is 0.0509. The molecule has 0 amide bonds. The van der Waals surface area contributed by atoms with Crippen molar-refractivity contribution in [2.75, 3.05) is 13.2 Å². The smallest absolute Gasteiger partial charge is 0.357 e. The molecule has 0 saturated carbocycles. The van der Waals surface area contributed by atoms with Crippen molar-refractivity contribution in [2.24, 2.45) is 0 Å². The first kappa shape index (κ1) is 34.3. The quantitative estimate of drug-likeness (QED) is 0.103. The summed E-state index contributed by atoms with van der Waals surface area (Å²) in [4.78, 5) is 52.0. The predicted molar refractivity (Wildman–Crippen MR) is 176 cm³/mol. The summed E-state index contributed by atoms with van der Waals surface area (Å²) in [6.07, 6.45) is 5.25. The van der Waals surface area contributed by atoms with Gasteiger partial charge in [-0.3, -0.25) is 19.8 Å². The van der Waals surface area contributed by atoms with Crippen LogP contribution in [-0.4, -0.2) is 44.7 Å². The molecule has 234 valence electrons. The van der Waals surface area contributed by atoms with Crippen LogP contribution in [0.25, 0.3) is 23.5 Å². The molecule has 2 N–H and O–H groups in total. The molecule has 45 heavy (non-hydrogen) atoms. The minimum atomic E-state index is -0.815. The zero-order valence-electron chi connectivity index (χ0n) is 23.1. The summed E-state index contributed by atoms with van der Waals surface area (Å²) in [6.45, 7) is 3.30. The highest BCUT2D eigenvalue weighted by Gasteiger charge is 2.24. The molecule has 4 aromatic rings. The summed E-state index contributed by atoms with van der Waals surface area (Å²) in [7, 11) is 0. The van der Waals surface area contributed by atoms with Gasteiger partial charge in [0.05, 0.1) is 44.4 Å². The fourth-order valence-electron chi connectivity index (χ4n) is 4.05. The van der Waals surface area contributed by atoms with Crippen molar-refractivity contribution in [3.63, 3.8) is 0 Å². The van der Waals surface area contributed by atoms with E-state index in [-0.39, 0.29) is 77.2 Å². The van der Waals surface area contributed by atoms with E-state index in [2.05, 4.69) is 15.9 Å². The summed E-state index contributed by atoms with van der Waals surface area (Å²) in [6, 6.07) is 5.55. The number of nitrogens with zero attached hydrogens (tertiary/aromatic N) is 2. The van der Waals surface area contributed by atoms with E-state index in [1.165, 1.54) is 48.6 Å². The van der Waals surface area contributed by atoms with Crippen LogP contribution >= 0.6 is 69.6 Å². The van der Waals surface area contributed by atoms with Crippen molar-refractivity contribution in [1.29, 1.82) is 0 Å². The number of rotatable bonds is 9. The summed E-state index contributed by atoms with van der Waals surface area (Å²) >= 11 is 37.2. The minimum Gasteiger partial charge on any atom is -0.461 e. The Labute approximate surface area is 284 Å². The van der Waals surface area contributed by atoms with Crippen LogP contribution in [0, 0.1) is 0 Å². The maximum Gasteiger partial charge on any atom is 0.357 e. The number of ether oxygens (including phenoxy) is 2. The van der Waals surface area contributed by atoms with Crippen molar-refractivity contribution < 1.29 is 19.1 Å². The van der Waals surface area contributed by atoms with Crippen LogP contribution in [0.15, 0.2) is 51.7 Å². The number of hydrogen-bond acceptors (Lipinski definition) is 6. The second-order valence-electron chi connectivity index (χ2n) is 8.80. The topological polar surface area (TPSA) is 128 Å². The van der Waals surface area contributed by atoms with Crippen molar-refractivity contribution in [2.45, 2.75) is 13.8 Å². The molecule has 0 bridgehead atoms. The highest BCUT2D eigenvalue weighted by atomic mass is 35.5. The van der Waals surface area contributed by atoms with E-state index in [1.807, 2.05) is 0 Å². The second-order valence-corrected chi connectivity index (χ2v) is 11.3. The highest BCUT2D eigenvalue weighted by Crippen LogP contribution is 2.32. The van der Waals surface area contributed by atoms with Gasteiger partial charge in [-0.1, -0.05) is 75.7 Å². The van der Waals surface area contributed by atoms with Gasteiger partial charge in [-0.25, -0.2) is 19.0 Å². The number of allylic oxidation sites excluding steroid dienone is 2. The molecular weight excluding hydrogens is 713 g/mol. The van der Waals surface area contributed by atoms with Crippen LogP contribution in [0.4, 0.5) is 0 Å². The molecule has 2 heterocycles. The molecule has 16 heteroatoms. The zero-order valence-corrected chi connectivity index (χ0v) is 27.7. The zero-order chi connectivity index (χ0) is 33.0. The summed E-state index contributed by atoms with van der Waals surface area (Å²) < 4.78 is 12.1. The second kappa shape index (κ2) is 14.7. The number of benzene rings is 2. The molecule has 0 unspecified atom stereocenters. The fraction of sp³-hybridized carbons (Fsp3) is 0.138. The first-order valence-corrected chi connectivity index (χ1v) is 15.1. The molecule has 0 atom stereocenters. The lowest BCUT2D eigenvalue weighted by atomic mass is 10.2. The third-order valence-electron chi connectivity index (χ3n) is 5.91. The van der Waals surface area contributed by atoms with Crippen LogP contribution in [0.2, 0.25) is 30.1 Å². The van der Waals surface area contributed by atoms with E-state index in [9.17, 15) is 19.2 Å². The van der Waals surface area contributed by atoms with E-state index in [0.29, 0.717) is 0 Å². The van der Waals surface area contributed by atoms with Crippen molar-refractivity contribution >= 4 is 93.7 Å². The lowest BCUT2D eigenvalue weighted by Gasteiger charge is -2.08. The molecule has 0 aliphatic heterocycles. The maximum absolute atomic E-state index is 13.4. The Bertz CT molecular complexity index is 1980. The Morgan fingerprint density at radius 1 is 0.733 bits per heavy atom. The molecule has 0 saturated heterocycles. The van der Waals surface area contributed by atoms with Gasteiger partial charge in [0.2, 0.25) is 0 Å². The summed E-state index contributed by atoms with van der Waals surface area (Å²) in [5.74, 6) is -1.62. The van der Waals surface area contributed by atoms with Gasteiger partial charge in [-0.05, 0) is 56.3 Å². The van der Waals surface area contributed by atoms with E-state index in [0.717, 1.165) is 9.36 Å². The molecule has 0 fully saturated rings. The van der Waals surface area contributed by atoms with E-state index < -0.39 is 23.1 Å². The maximum atomic E-state index is 13.4. The third kappa shape index (κ3) is 7.29. The molecule has 0 radical (unpaired) electrons. The van der Waals surface area contributed by atoms with E-state index in [1.54, 1.807) is 13.8 Å². The Morgan fingerprint density at radius 3 is 1.56 bits per heavy atom. The number of hydrogen-bond donors (Lipinski definition) is 2. The largest absolute Gasteiger partial charge is 0.461 e. The number of nitrogens with one attached hydrogen (secondary N) is 2. The van der Waals surface area contributed by atoms with Crippen LogP contribution in [0.5, 0.6) is 0 Å². The Balaban J connectivity index is 1.78. The molecule has 0 spiro atoms. The van der Waals surface area contributed by atoms with Gasteiger partial charge in [-0.15, -0.1) is 5.73 Å². The fourth-order valence-corrected chi connectivity index (χ4v) is 6.02. The number of carbonyl (C=O) groups excluding carboxylic acids is 2. The average Bonchev–Trinajstić information content (AvgIpc) is 3.44. The molecule has 0 aliphatic carbocycles. The number of aromatic nitrogens is 4. The van der Waals surface area contributed by atoms with Crippen LogP contribution < -0.4 is 11.1 Å². The monoisotopic (exact) mass is 730 g/mol. The number of esters is 2. The van der Waals surface area contributed by atoms with Gasteiger partial charge >= 0.3 is 11.9 Å². The molecule has 4 rings (SSSR count). The van der Waals surface area contributed by atoms with Crippen LogP contribution in [0.1, 0.15) is 46.0 Å². The third-order valence-corrected chi connectivity index (χ3v) is 7.49. The standard InChI is InChI=1S/C29H20Cl6N4O6/c1-3-44-28(42)22-16(26(40)38(36-22)24-18(32)10-14(30)11-19(24)33)8-6-5-7-9-17-23(29(43)45-4-2)37-39(27(17)41)25-20(34)12-15(31)13-21(25)35/h5-6,8-13,36-37H,3-4H2,1-2H3. The van der Waals surface area contributed by atoms with Crippen molar-refractivity contribution in [3.8, 4) is 11.4 Å².